The molecule has 2 heteroatoms. The molecule has 2 atom stereocenters. The van der Waals surface area contributed by atoms with Crippen molar-refractivity contribution in [1.82, 2.24) is 9.55 Å². The van der Waals surface area contributed by atoms with Gasteiger partial charge in [-0.25, -0.2) is 4.98 Å². The number of hydrogen-bond donors (Lipinski definition) is 0. The quantitative estimate of drug-likeness (QED) is 0.286. The largest absolute Gasteiger partial charge is 0.299 e. The standard InChI is InChI=1S/C30H32N2.C2H4/c1-19-13-20(2)15-24(14-19)25-16-21(3)28(22(4)17-25)32-12-11-31-29(32)26-9-7-8-10-27(26)30(6)18-23(30)5;1-2/h7-17,23H,18H2,1-6H3;1-2H2. The minimum atomic E-state index is 0.254. The van der Waals surface area contributed by atoms with Crippen LogP contribution in [0.5, 0.6) is 0 Å². The Labute approximate surface area is 205 Å². The summed E-state index contributed by atoms with van der Waals surface area (Å²) in [5, 5.41) is 0. The number of aromatic nitrogens is 2. The Kier molecular flexibility index (Phi) is 6.36. The lowest BCUT2D eigenvalue weighted by Crippen LogP contribution is -2.08. The minimum Gasteiger partial charge on any atom is -0.299 e. The van der Waals surface area contributed by atoms with Gasteiger partial charge in [-0.05, 0) is 85.4 Å². The van der Waals surface area contributed by atoms with Crippen LogP contribution in [0.25, 0.3) is 28.2 Å². The van der Waals surface area contributed by atoms with Crippen LogP contribution in [0.3, 0.4) is 0 Å². The van der Waals surface area contributed by atoms with E-state index in [-0.39, 0.29) is 5.41 Å². The lowest BCUT2D eigenvalue weighted by atomic mass is 9.90. The highest BCUT2D eigenvalue weighted by molar-refractivity contribution is 5.72. The van der Waals surface area contributed by atoms with Gasteiger partial charge in [-0.2, -0.15) is 0 Å². The zero-order chi connectivity index (χ0) is 24.6. The lowest BCUT2D eigenvalue weighted by molar-refractivity contribution is 0.702. The molecule has 4 aromatic rings. The molecule has 1 aromatic heterocycles. The molecule has 34 heavy (non-hydrogen) atoms. The average Bonchev–Trinajstić information content (AvgIpc) is 3.19. The third-order valence-corrected chi connectivity index (χ3v) is 7.37. The molecule has 2 nitrogen and oxygen atoms in total. The fraction of sp³-hybridized carbons (Fsp3) is 0.281. The van der Waals surface area contributed by atoms with Crippen LogP contribution in [0.15, 0.2) is 80.1 Å². The Hall–Kier alpha value is -3.39. The molecule has 0 N–H and O–H groups in total. The van der Waals surface area contributed by atoms with Gasteiger partial charge in [-0.1, -0.05) is 67.4 Å². The number of aryl methyl sites for hydroxylation is 4. The first-order chi connectivity index (χ1) is 16.3. The molecule has 1 aliphatic carbocycles. The third-order valence-electron chi connectivity index (χ3n) is 7.37. The summed E-state index contributed by atoms with van der Waals surface area (Å²) in [4.78, 5) is 4.84. The van der Waals surface area contributed by atoms with E-state index in [4.69, 9.17) is 4.98 Å². The fourth-order valence-electron chi connectivity index (χ4n) is 5.46. The van der Waals surface area contributed by atoms with Crippen LogP contribution in [0.2, 0.25) is 0 Å². The molecule has 0 aliphatic heterocycles. The molecule has 5 rings (SSSR count). The van der Waals surface area contributed by atoms with E-state index in [1.54, 1.807) is 0 Å². The molecular formula is C32H36N2. The van der Waals surface area contributed by atoms with E-state index in [2.05, 4.69) is 120 Å². The molecule has 3 aromatic carbocycles. The van der Waals surface area contributed by atoms with E-state index >= 15 is 0 Å². The molecule has 0 saturated heterocycles. The highest BCUT2D eigenvalue weighted by Crippen LogP contribution is 2.55. The smallest absolute Gasteiger partial charge is 0.144 e. The summed E-state index contributed by atoms with van der Waals surface area (Å²) in [7, 11) is 0. The van der Waals surface area contributed by atoms with Crippen LogP contribution in [0.1, 0.15) is 48.1 Å². The third kappa shape index (κ3) is 4.14. The Bertz CT molecular complexity index is 1300. The first kappa shape index (κ1) is 23.8. The Morgan fingerprint density at radius 1 is 0.882 bits per heavy atom. The van der Waals surface area contributed by atoms with E-state index in [1.807, 2.05) is 6.20 Å². The van der Waals surface area contributed by atoms with Crippen molar-refractivity contribution in [3.05, 3.63) is 108 Å². The molecule has 0 bridgehead atoms. The predicted molar refractivity (Wildman–Crippen MR) is 146 cm³/mol. The van der Waals surface area contributed by atoms with E-state index < -0.39 is 0 Å². The summed E-state index contributed by atoms with van der Waals surface area (Å²) in [5.74, 6) is 1.75. The van der Waals surface area contributed by atoms with Gasteiger partial charge in [-0.15, -0.1) is 13.2 Å². The SMILES string of the molecule is C=C.Cc1cc(C)cc(-c2cc(C)c(-n3ccnc3-c3ccccc3C3(C)CC3C)c(C)c2)c1. The molecule has 1 heterocycles. The average molecular weight is 449 g/mol. The van der Waals surface area contributed by atoms with Crippen LogP contribution in [0, 0.1) is 33.6 Å². The molecule has 174 valence electrons. The molecule has 2 unspecified atom stereocenters. The molecule has 0 radical (unpaired) electrons. The number of rotatable bonds is 4. The van der Waals surface area contributed by atoms with Crippen molar-refractivity contribution in [3.63, 3.8) is 0 Å². The molecule has 0 spiro atoms. The van der Waals surface area contributed by atoms with Gasteiger partial charge in [0.05, 0.1) is 5.69 Å². The van der Waals surface area contributed by atoms with Gasteiger partial charge in [0.2, 0.25) is 0 Å². The van der Waals surface area contributed by atoms with Crippen molar-refractivity contribution in [3.8, 4) is 28.2 Å². The van der Waals surface area contributed by atoms with Crippen LogP contribution >= 0.6 is 0 Å². The van der Waals surface area contributed by atoms with Gasteiger partial charge in [0.25, 0.3) is 0 Å². The summed E-state index contributed by atoms with van der Waals surface area (Å²) in [6.07, 6.45) is 5.28. The monoisotopic (exact) mass is 448 g/mol. The zero-order valence-electron chi connectivity index (χ0n) is 21.4. The van der Waals surface area contributed by atoms with Crippen molar-refractivity contribution in [2.45, 2.75) is 53.4 Å². The number of hydrogen-bond acceptors (Lipinski definition) is 1. The maximum absolute atomic E-state index is 4.84. The van der Waals surface area contributed by atoms with Crippen LogP contribution in [-0.2, 0) is 5.41 Å². The summed E-state index contributed by atoms with van der Waals surface area (Å²) in [5.41, 5.74) is 11.8. The highest BCUT2D eigenvalue weighted by Gasteiger charge is 2.49. The summed E-state index contributed by atoms with van der Waals surface area (Å²) in [6.45, 7) is 19.5. The maximum atomic E-state index is 4.84. The Morgan fingerprint density at radius 3 is 2.03 bits per heavy atom. The molecular weight excluding hydrogens is 412 g/mol. The molecule has 1 fully saturated rings. The summed E-state index contributed by atoms with van der Waals surface area (Å²) >= 11 is 0. The van der Waals surface area contributed by atoms with Crippen LogP contribution in [-0.4, -0.2) is 9.55 Å². The van der Waals surface area contributed by atoms with Crippen molar-refractivity contribution in [2.24, 2.45) is 5.92 Å². The van der Waals surface area contributed by atoms with Crippen LogP contribution < -0.4 is 0 Å². The van der Waals surface area contributed by atoms with E-state index in [0.717, 1.165) is 5.82 Å². The van der Waals surface area contributed by atoms with Crippen molar-refractivity contribution < 1.29 is 0 Å². The molecule has 0 amide bonds. The van der Waals surface area contributed by atoms with Crippen molar-refractivity contribution >= 4 is 0 Å². The molecule has 1 saturated carbocycles. The first-order valence-corrected chi connectivity index (χ1v) is 12.1. The van der Waals surface area contributed by atoms with E-state index in [0.29, 0.717) is 5.92 Å². The van der Waals surface area contributed by atoms with Gasteiger partial charge in [0.15, 0.2) is 0 Å². The Balaban J connectivity index is 0.00000133. The topological polar surface area (TPSA) is 17.8 Å². The second-order valence-electron chi connectivity index (χ2n) is 10.0. The normalized spacial score (nSPS) is 18.8. The van der Waals surface area contributed by atoms with Crippen LogP contribution in [0.4, 0.5) is 0 Å². The number of nitrogens with zero attached hydrogens (tertiary/aromatic N) is 2. The predicted octanol–water partition coefficient (Wildman–Crippen LogP) is 8.54. The van der Waals surface area contributed by atoms with Gasteiger partial charge < -0.3 is 0 Å². The summed E-state index contributed by atoms with van der Waals surface area (Å²) < 4.78 is 2.28. The summed E-state index contributed by atoms with van der Waals surface area (Å²) in [6, 6.07) is 20.2. The lowest BCUT2D eigenvalue weighted by Gasteiger charge is -2.20. The van der Waals surface area contributed by atoms with Gasteiger partial charge in [0.1, 0.15) is 5.82 Å². The molecule has 1 aliphatic rings. The Morgan fingerprint density at radius 2 is 1.44 bits per heavy atom. The zero-order valence-corrected chi connectivity index (χ0v) is 21.4. The second kappa shape index (κ2) is 9.10. The minimum absolute atomic E-state index is 0.254. The van der Waals surface area contributed by atoms with Crippen molar-refractivity contribution in [1.29, 1.82) is 0 Å². The van der Waals surface area contributed by atoms with Gasteiger partial charge in [-0.3, -0.25) is 4.57 Å². The van der Waals surface area contributed by atoms with Gasteiger partial charge in [0, 0.05) is 18.0 Å². The van der Waals surface area contributed by atoms with Gasteiger partial charge >= 0.3 is 0 Å². The number of benzene rings is 3. The van der Waals surface area contributed by atoms with E-state index in [1.165, 1.54) is 56.6 Å². The fourth-order valence-corrected chi connectivity index (χ4v) is 5.46. The highest BCUT2D eigenvalue weighted by atomic mass is 15.1. The number of imidazole rings is 1. The van der Waals surface area contributed by atoms with E-state index in [9.17, 15) is 0 Å². The first-order valence-electron chi connectivity index (χ1n) is 12.1. The second-order valence-corrected chi connectivity index (χ2v) is 10.0. The van der Waals surface area contributed by atoms with Crippen molar-refractivity contribution in [2.75, 3.05) is 0 Å². The maximum Gasteiger partial charge on any atom is 0.144 e.